The zero-order valence-corrected chi connectivity index (χ0v) is 24.1. The van der Waals surface area contributed by atoms with Gasteiger partial charge in [-0.2, -0.15) is 0 Å². The normalized spacial score (nSPS) is 9.94. The average Bonchev–Trinajstić information content (AvgIpc) is 2.75. The van der Waals surface area contributed by atoms with Gasteiger partial charge in [0.2, 0.25) is 0 Å². The van der Waals surface area contributed by atoms with Crippen LogP contribution in [0.5, 0.6) is 0 Å². The van der Waals surface area contributed by atoms with E-state index < -0.39 is 0 Å². The van der Waals surface area contributed by atoms with Gasteiger partial charge in [-0.15, -0.1) is 0 Å². The number of rotatable bonds is 20. The molecule has 0 saturated heterocycles. The van der Waals surface area contributed by atoms with E-state index in [9.17, 15) is 9.59 Å². The van der Waals surface area contributed by atoms with Gasteiger partial charge in [0.15, 0.2) is 0 Å². The number of carbonyl (C=O) groups is 2. The predicted octanol–water partition coefficient (Wildman–Crippen LogP) is 7.78. The van der Waals surface area contributed by atoms with Gasteiger partial charge in [-0.25, -0.2) is 0 Å². The maximum atomic E-state index is 11.1. The monoisotopic (exact) mass is 548 g/mol. The van der Waals surface area contributed by atoms with E-state index >= 15 is 0 Å². The molecule has 0 aliphatic carbocycles. The molecule has 0 rings (SSSR count). The molecule has 5 heteroatoms. The van der Waals surface area contributed by atoms with Crippen LogP contribution in [0, 0.1) is 0 Å². The van der Waals surface area contributed by atoms with Crippen molar-refractivity contribution in [2.45, 2.75) is 143 Å². The number of unbranched alkanes of at least 4 members (excludes halogenated alkanes) is 12. The van der Waals surface area contributed by atoms with Crippen molar-refractivity contribution in [3.8, 4) is 0 Å². The Labute approximate surface area is 210 Å². The number of esters is 2. The third-order valence-electron chi connectivity index (χ3n) is 4.99. The first-order valence-corrected chi connectivity index (χ1v) is 12.9. The minimum atomic E-state index is -0.0228. The Kier molecular flexibility index (Phi) is 36.4. The third-order valence-corrected chi connectivity index (χ3v) is 4.99. The summed E-state index contributed by atoms with van der Waals surface area (Å²) in [5.74, 6) is -0.0455. The van der Waals surface area contributed by atoms with Crippen molar-refractivity contribution in [1.29, 1.82) is 0 Å². The fourth-order valence-electron chi connectivity index (χ4n) is 2.92. The van der Waals surface area contributed by atoms with E-state index in [1.54, 1.807) is 0 Å². The standard InChI is InChI=1S/2C13H26O2.Sn/c2*1-3-5-7-8-9-10-12-15-13(14)11-6-4-2;/h2*3-12H2,1-2H3;. The maximum absolute atomic E-state index is 11.1. The second-order valence-corrected chi connectivity index (χ2v) is 8.18. The van der Waals surface area contributed by atoms with Gasteiger partial charge >= 0.3 is 11.9 Å². The van der Waals surface area contributed by atoms with Crippen LogP contribution in [-0.4, -0.2) is 49.1 Å². The van der Waals surface area contributed by atoms with Crippen molar-refractivity contribution >= 4 is 35.8 Å². The molecule has 4 nitrogen and oxygen atoms in total. The maximum Gasteiger partial charge on any atom is 0.305 e. The zero-order chi connectivity index (χ0) is 22.7. The molecule has 0 atom stereocenters. The van der Waals surface area contributed by atoms with E-state index in [1.165, 1.54) is 64.2 Å². The average molecular weight is 547 g/mol. The van der Waals surface area contributed by atoms with Crippen molar-refractivity contribution in [3.63, 3.8) is 0 Å². The fourth-order valence-corrected chi connectivity index (χ4v) is 2.92. The first kappa shape index (κ1) is 35.3. The van der Waals surface area contributed by atoms with Crippen molar-refractivity contribution < 1.29 is 19.1 Å². The van der Waals surface area contributed by atoms with E-state index in [4.69, 9.17) is 9.47 Å². The van der Waals surface area contributed by atoms with Gasteiger partial charge in [-0.1, -0.05) is 105 Å². The molecule has 0 aromatic rings. The van der Waals surface area contributed by atoms with Crippen LogP contribution in [0.25, 0.3) is 0 Å². The summed E-state index contributed by atoms with van der Waals surface area (Å²) in [5, 5.41) is 0. The molecule has 0 amide bonds. The second kappa shape index (κ2) is 31.9. The molecular weight excluding hydrogens is 495 g/mol. The summed E-state index contributed by atoms with van der Waals surface area (Å²) in [6.45, 7) is 9.84. The molecule has 0 aromatic heterocycles. The Morgan fingerprint density at radius 1 is 0.452 bits per heavy atom. The van der Waals surface area contributed by atoms with Crippen molar-refractivity contribution in [2.75, 3.05) is 13.2 Å². The smallest absolute Gasteiger partial charge is 0.305 e. The van der Waals surface area contributed by atoms with Crippen molar-refractivity contribution in [2.24, 2.45) is 0 Å². The Morgan fingerprint density at radius 3 is 1.06 bits per heavy atom. The van der Waals surface area contributed by atoms with E-state index in [-0.39, 0.29) is 35.8 Å². The molecule has 0 fully saturated rings. The molecule has 0 bridgehead atoms. The van der Waals surface area contributed by atoms with Crippen LogP contribution in [-0.2, 0) is 19.1 Å². The quantitative estimate of drug-likeness (QED) is 0.0888. The first-order valence-electron chi connectivity index (χ1n) is 12.9. The molecule has 0 aliphatic rings. The minimum Gasteiger partial charge on any atom is -0.466 e. The predicted molar refractivity (Wildman–Crippen MR) is 133 cm³/mol. The van der Waals surface area contributed by atoms with E-state index in [0.29, 0.717) is 26.1 Å². The summed E-state index contributed by atoms with van der Waals surface area (Å²) >= 11 is 0. The van der Waals surface area contributed by atoms with Crippen LogP contribution in [0.2, 0.25) is 0 Å². The first-order chi connectivity index (χ1) is 14.6. The van der Waals surface area contributed by atoms with Crippen LogP contribution < -0.4 is 0 Å². The van der Waals surface area contributed by atoms with Gasteiger partial charge in [-0.3, -0.25) is 9.59 Å². The summed E-state index contributed by atoms with van der Waals surface area (Å²) in [7, 11) is 0. The Bertz CT molecular complexity index is 327. The summed E-state index contributed by atoms with van der Waals surface area (Å²) in [4.78, 5) is 22.2. The van der Waals surface area contributed by atoms with Gasteiger partial charge in [0.25, 0.3) is 0 Å². The van der Waals surface area contributed by atoms with E-state index in [2.05, 4.69) is 27.7 Å². The molecular formula is C26H52O4Sn. The fraction of sp³-hybridized carbons (Fsp3) is 0.923. The van der Waals surface area contributed by atoms with Crippen LogP contribution in [0.1, 0.15) is 143 Å². The van der Waals surface area contributed by atoms with Gasteiger partial charge < -0.3 is 9.47 Å². The van der Waals surface area contributed by atoms with Crippen LogP contribution in [0.15, 0.2) is 0 Å². The number of hydrogen-bond donors (Lipinski definition) is 0. The molecule has 0 N–H and O–H groups in total. The van der Waals surface area contributed by atoms with Gasteiger partial charge in [0, 0.05) is 36.7 Å². The summed E-state index contributed by atoms with van der Waals surface area (Å²) in [6.07, 6.45) is 20.1. The number of carbonyl (C=O) groups excluding carboxylic acids is 2. The topological polar surface area (TPSA) is 52.6 Å². The van der Waals surface area contributed by atoms with Crippen LogP contribution >= 0.6 is 0 Å². The van der Waals surface area contributed by atoms with Gasteiger partial charge in [-0.05, 0) is 25.7 Å². The van der Waals surface area contributed by atoms with Gasteiger partial charge in [0.05, 0.1) is 13.2 Å². The Morgan fingerprint density at radius 2 is 0.742 bits per heavy atom. The molecule has 0 aliphatic heterocycles. The van der Waals surface area contributed by atoms with Crippen LogP contribution in [0.3, 0.4) is 0 Å². The Balaban J connectivity index is -0.000000490. The third kappa shape index (κ3) is 34.5. The van der Waals surface area contributed by atoms with Crippen molar-refractivity contribution in [1.82, 2.24) is 0 Å². The van der Waals surface area contributed by atoms with Crippen LogP contribution in [0.4, 0.5) is 0 Å². The van der Waals surface area contributed by atoms with E-state index in [0.717, 1.165) is 38.5 Å². The largest absolute Gasteiger partial charge is 0.466 e. The summed E-state index contributed by atoms with van der Waals surface area (Å²) in [6, 6.07) is 0. The second-order valence-electron chi connectivity index (χ2n) is 8.18. The van der Waals surface area contributed by atoms with Crippen molar-refractivity contribution in [3.05, 3.63) is 0 Å². The molecule has 0 saturated carbocycles. The zero-order valence-electron chi connectivity index (χ0n) is 21.3. The number of ether oxygens (including phenoxy) is 2. The summed E-state index contributed by atoms with van der Waals surface area (Å²) in [5.41, 5.74) is 0. The molecule has 31 heavy (non-hydrogen) atoms. The molecule has 0 heterocycles. The molecule has 4 radical (unpaired) electrons. The molecule has 0 spiro atoms. The van der Waals surface area contributed by atoms with E-state index in [1.807, 2.05) is 0 Å². The molecule has 0 unspecified atom stereocenters. The Hall–Kier alpha value is -0.261. The number of hydrogen-bond acceptors (Lipinski definition) is 4. The minimum absolute atomic E-state index is 0. The van der Waals surface area contributed by atoms with Gasteiger partial charge in [0.1, 0.15) is 0 Å². The molecule has 184 valence electrons. The SMILES string of the molecule is CCCCCCCCOC(=O)CCCC.CCCCCCCCOC(=O)CCCC.[Sn]. The molecule has 0 aromatic carbocycles. The summed E-state index contributed by atoms with van der Waals surface area (Å²) < 4.78 is 10.2.